The van der Waals surface area contributed by atoms with Gasteiger partial charge in [-0.3, -0.25) is 0 Å². The molecule has 9 nitrogen and oxygen atoms in total. The van der Waals surface area contributed by atoms with Gasteiger partial charge in [-0.05, 0) is 118 Å². The van der Waals surface area contributed by atoms with Crippen LogP contribution in [0.1, 0.15) is 6.92 Å². The van der Waals surface area contributed by atoms with Crippen LogP contribution in [-0.4, -0.2) is 85.1 Å². The zero-order chi connectivity index (χ0) is 34.1. The molecule has 42 heavy (non-hydrogen) atoms. The van der Waals surface area contributed by atoms with Crippen molar-refractivity contribution >= 4 is 85.1 Å². The molecule has 0 aromatic carbocycles. The topological polar surface area (TPSA) is 83.1 Å². The molecule has 0 heterocycles. The van der Waals surface area contributed by atoms with E-state index in [4.69, 9.17) is 37.0 Å². The summed E-state index contributed by atoms with van der Waals surface area (Å²) >= 11 is 0. The van der Waals surface area contributed by atoms with Crippen LogP contribution in [0, 0.1) is 6.04 Å². The second-order valence-electron chi connectivity index (χ2n) is 17.1. The molecule has 0 fully saturated rings. The number of rotatable bonds is 19. The summed E-state index contributed by atoms with van der Waals surface area (Å²) in [6.45, 7) is 46.6. The van der Waals surface area contributed by atoms with E-state index in [1.165, 1.54) is 0 Å². The first-order valence-electron chi connectivity index (χ1n) is 15.0. The van der Waals surface area contributed by atoms with Crippen molar-refractivity contribution in [3.63, 3.8) is 0 Å². The molecule has 0 aliphatic heterocycles. The first-order valence-corrected chi connectivity index (χ1v) is 44.0. The Bertz CT molecular complexity index is 698. The van der Waals surface area contributed by atoms with Gasteiger partial charge >= 0.3 is 35.2 Å². The third kappa shape index (κ3) is 20.1. The van der Waals surface area contributed by atoms with Crippen molar-refractivity contribution in [2.75, 3.05) is 0 Å². The van der Waals surface area contributed by atoms with Gasteiger partial charge in [0.25, 0.3) is 0 Å². The summed E-state index contributed by atoms with van der Waals surface area (Å²) in [5.41, 5.74) is 0. The third-order valence-electron chi connectivity index (χ3n) is 4.29. The van der Waals surface area contributed by atoms with Crippen LogP contribution in [0.2, 0.25) is 137 Å². The van der Waals surface area contributed by atoms with Gasteiger partial charge in [0.1, 0.15) is 0 Å². The Morgan fingerprint density at radius 1 is 0.262 bits per heavy atom. The monoisotopic (exact) mass is 767 g/mol. The second-order valence-corrected chi connectivity index (χ2v) is 56.7. The van der Waals surface area contributed by atoms with Crippen LogP contribution in [0.15, 0.2) is 0 Å². The highest BCUT2D eigenvalue weighted by molar-refractivity contribution is 6.95. The summed E-state index contributed by atoms with van der Waals surface area (Å²) in [4.78, 5) is 0. The normalized spacial score (nSPS) is 15.9. The smallest absolute Gasteiger partial charge is 0.417 e. The highest BCUT2D eigenvalue weighted by Crippen LogP contribution is 2.35. The lowest BCUT2D eigenvalue weighted by Crippen LogP contribution is -2.71. The fraction of sp³-hybridized carbons (Fsp3) is 0.957. The van der Waals surface area contributed by atoms with Gasteiger partial charge in [-0.2, -0.15) is 0 Å². The van der Waals surface area contributed by atoms with E-state index in [2.05, 4.69) is 118 Å². The average Bonchev–Trinajstić information content (AvgIpc) is 2.48. The van der Waals surface area contributed by atoms with E-state index >= 15 is 0 Å². The van der Waals surface area contributed by atoms with Crippen LogP contribution in [-0.2, 0) is 37.0 Å². The van der Waals surface area contributed by atoms with Gasteiger partial charge in [0.2, 0.25) is 0 Å². The summed E-state index contributed by atoms with van der Waals surface area (Å²) < 4.78 is 62.5. The summed E-state index contributed by atoms with van der Waals surface area (Å²) in [7, 11) is -26.6. The molecule has 0 aliphatic rings. The minimum atomic E-state index is -3.83. The van der Waals surface area contributed by atoms with E-state index in [0.29, 0.717) is 0 Å². The third-order valence-corrected chi connectivity index (χ3v) is 36.5. The van der Waals surface area contributed by atoms with Crippen LogP contribution >= 0.6 is 0 Å². The van der Waals surface area contributed by atoms with Crippen molar-refractivity contribution in [2.45, 2.75) is 144 Å². The van der Waals surface area contributed by atoms with Gasteiger partial charge in [-0.15, -0.1) is 0 Å². The van der Waals surface area contributed by atoms with E-state index < -0.39 is 85.1 Å². The molecule has 0 spiro atoms. The summed E-state index contributed by atoms with van der Waals surface area (Å²) in [5.74, 6) is 0. The van der Waals surface area contributed by atoms with E-state index in [1.807, 2.05) is 32.6 Å². The molecule has 0 N–H and O–H groups in total. The quantitative estimate of drug-likeness (QED) is 0.120. The fourth-order valence-electron chi connectivity index (χ4n) is 4.54. The maximum atomic E-state index is 7.19. The standard InChI is InChI=1S/C23H67O9Si10/c1-23-42(30-39(20,24-33(2,3)4)25-34(5,6)7,31-40(21,26-35(8,9)10)27-36(11,12)13)32-41(22,28-37(14,15)16)29-38(17,18)19/h23H,1-22H3. The predicted molar refractivity (Wildman–Crippen MR) is 200 cm³/mol. The van der Waals surface area contributed by atoms with Gasteiger partial charge in [0, 0.05) is 25.7 Å². The fourth-order valence-corrected chi connectivity index (χ4v) is 45.4. The first kappa shape index (κ1) is 43.8. The van der Waals surface area contributed by atoms with Gasteiger partial charge in [0.05, 0.1) is 0 Å². The van der Waals surface area contributed by atoms with Crippen molar-refractivity contribution in [2.24, 2.45) is 0 Å². The van der Waals surface area contributed by atoms with Crippen molar-refractivity contribution < 1.29 is 37.0 Å². The van der Waals surface area contributed by atoms with Gasteiger partial charge in [-0.25, -0.2) is 0 Å². The Balaban J connectivity index is 7.46. The molecule has 19 heteroatoms. The van der Waals surface area contributed by atoms with Crippen molar-refractivity contribution in [3.05, 3.63) is 6.04 Å². The molecule has 0 atom stereocenters. The van der Waals surface area contributed by atoms with E-state index in [0.717, 1.165) is 0 Å². The number of hydrogen-bond donors (Lipinski definition) is 0. The Labute approximate surface area is 271 Å². The van der Waals surface area contributed by atoms with E-state index in [-0.39, 0.29) is 0 Å². The Hall–Kier alpha value is 1.81. The van der Waals surface area contributed by atoms with Crippen LogP contribution in [0.25, 0.3) is 0 Å². The molecular weight excluding hydrogens is 701 g/mol. The molecule has 1 radical (unpaired) electrons. The van der Waals surface area contributed by atoms with Crippen LogP contribution in [0.3, 0.4) is 0 Å². The minimum absolute atomic E-state index is 1.93. The summed E-state index contributed by atoms with van der Waals surface area (Å²) in [6.07, 6.45) is 0. The SMILES string of the molecule is C[CH][Si](O[Si](C)(O[Si](C)(C)C)O[Si](C)(C)C)(O[Si](C)(O[Si](C)(C)C)O[Si](C)(C)C)O[Si](C)(O[Si](C)(C)C)O[Si](C)(C)C. The predicted octanol–water partition coefficient (Wildman–Crippen LogP) is 8.55. The molecule has 0 bridgehead atoms. The molecule has 0 rings (SSSR count). The maximum Gasteiger partial charge on any atom is 0.482 e. The van der Waals surface area contributed by atoms with Crippen LogP contribution in [0.4, 0.5) is 0 Å². The van der Waals surface area contributed by atoms with Crippen LogP contribution in [0.5, 0.6) is 0 Å². The molecule has 0 saturated carbocycles. The Kier molecular flexibility index (Phi) is 15.1. The molecule has 0 aromatic rings. The van der Waals surface area contributed by atoms with Crippen molar-refractivity contribution in [1.82, 2.24) is 0 Å². The summed E-state index contributed by atoms with van der Waals surface area (Å²) in [5, 5.41) is 0. The highest BCUT2D eigenvalue weighted by atomic mass is 28.6. The maximum absolute atomic E-state index is 7.19. The molecule has 0 amide bonds. The molecule has 0 unspecified atom stereocenters. The molecule has 0 aromatic heterocycles. The van der Waals surface area contributed by atoms with E-state index in [1.54, 1.807) is 0 Å². The van der Waals surface area contributed by atoms with Crippen molar-refractivity contribution in [1.29, 1.82) is 0 Å². The molecular formula is C23H67O9Si10. The first-order chi connectivity index (χ1) is 17.9. The van der Waals surface area contributed by atoms with Gasteiger partial charge < -0.3 is 37.0 Å². The lowest BCUT2D eigenvalue weighted by Gasteiger charge is -2.48. The lowest BCUT2D eigenvalue weighted by atomic mass is 11.0. The highest BCUT2D eigenvalue weighted by Gasteiger charge is 2.62. The second kappa shape index (κ2) is 14.5. The number of hydrogen-bond acceptors (Lipinski definition) is 9. The van der Waals surface area contributed by atoms with Crippen molar-refractivity contribution in [3.8, 4) is 0 Å². The summed E-state index contributed by atoms with van der Waals surface area (Å²) in [6, 6.07) is 1.93. The lowest BCUT2D eigenvalue weighted by molar-refractivity contribution is 0.127. The Morgan fingerprint density at radius 3 is 0.500 bits per heavy atom. The Morgan fingerprint density at radius 2 is 0.405 bits per heavy atom. The van der Waals surface area contributed by atoms with Crippen LogP contribution < -0.4 is 0 Å². The average molecular weight is 769 g/mol. The minimum Gasteiger partial charge on any atom is -0.417 e. The van der Waals surface area contributed by atoms with Gasteiger partial charge in [-0.1, -0.05) is 6.92 Å². The molecule has 0 aliphatic carbocycles. The van der Waals surface area contributed by atoms with E-state index in [9.17, 15) is 0 Å². The zero-order valence-electron chi connectivity index (χ0n) is 31.3. The molecule has 253 valence electrons. The van der Waals surface area contributed by atoms with Gasteiger partial charge in [0.15, 0.2) is 49.9 Å². The molecule has 0 saturated heterocycles. The zero-order valence-corrected chi connectivity index (χ0v) is 41.3. The largest absolute Gasteiger partial charge is 0.482 e.